The molecular formula is C12H22N4O. The summed E-state index contributed by atoms with van der Waals surface area (Å²) in [5, 5.41) is 7.45. The Morgan fingerprint density at radius 2 is 2.35 bits per heavy atom. The van der Waals surface area contributed by atoms with Gasteiger partial charge in [0.2, 0.25) is 5.89 Å². The third-order valence-corrected chi connectivity index (χ3v) is 3.48. The van der Waals surface area contributed by atoms with Crippen molar-refractivity contribution in [3.63, 3.8) is 0 Å². The Kier molecular flexibility index (Phi) is 3.79. The van der Waals surface area contributed by atoms with Crippen LogP contribution >= 0.6 is 0 Å². The minimum Gasteiger partial charge on any atom is -0.338 e. The van der Waals surface area contributed by atoms with Crippen LogP contribution in [0.3, 0.4) is 0 Å². The number of rotatable bonds is 3. The highest BCUT2D eigenvalue weighted by molar-refractivity contribution is 4.90. The standard InChI is InChI=1S/C12H22N4O/c1-4-12(3)9-16(7-5-6-13-12)8-11-14-10(2)15-17-11/h13H,4-9H2,1-3H3. The first-order chi connectivity index (χ1) is 8.11. The molecule has 0 bridgehead atoms. The third kappa shape index (κ3) is 3.26. The minimum absolute atomic E-state index is 0.200. The second kappa shape index (κ2) is 5.14. The molecule has 0 amide bonds. The lowest BCUT2D eigenvalue weighted by atomic mass is 9.99. The zero-order chi connectivity index (χ0) is 12.3. The van der Waals surface area contributed by atoms with Crippen molar-refractivity contribution in [1.82, 2.24) is 20.4 Å². The maximum absolute atomic E-state index is 5.19. The molecule has 17 heavy (non-hydrogen) atoms. The van der Waals surface area contributed by atoms with Gasteiger partial charge in [0.1, 0.15) is 0 Å². The first-order valence-electron chi connectivity index (χ1n) is 6.38. The smallest absolute Gasteiger partial charge is 0.240 e. The Hall–Kier alpha value is -0.940. The van der Waals surface area contributed by atoms with E-state index in [0.717, 1.165) is 38.5 Å². The molecule has 96 valence electrons. The van der Waals surface area contributed by atoms with Gasteiger partial charge in [0, 0.05) is 12.1 Å². The van der Waals surface area contributed by atoms with Crippen molar-refractivity contribution in [2.45, 2.75) is 45.7 Å². The summed E-state index contributed by atoms with van der Waals surface area (Å²) in [5.41, 5.74) is 0.200. The van der Waals surface area contributed by atoms with Crippen LogP contribution in [-0.2, 0) is 6.54 Å². The highest BCUT2D eigenvalue weighted by Gasteiger charge is 2.27. The predicted molar refractivity (Wildman–Crippen MR) is 65.6 cm³/mol. The van der Waals surface area contributed by atoms with Crippen LogP contribution in [0.1, 0.15) is 38.4 Å². The van der Waals surface area contributed by atoms with Crippen molar-refractivity contribution in [1.29, 1.82) is 0 Å². The molecule has 5 heteroatoms. The Morgan fingerprint density at radius 3 is 3.00 bits per heavy atom. The van der Waals surface area contributed by atoms with Gasteiger partial charge in [0.15, 0.2) is 5.82 Å². The number of hydrogen-bond donors (Lipinski definition) is 1. The van der Waals surface area contributed by atoms with Crippen molar-refractivity contribution in [2.24, 2.45) is 0 Å². The number of nitrogens with zero attached hydrogens (tertiary/aromatic N) is 3. The molecule has 1 fully saturated rings. The summed E-state index contributed by atoms with van der Waals surface area (Å²) in [6.07, 6.45) is 2.30. The van der Waals surface area contributed by atoms with Gasteiger partial charge < -0.3 is 9.84 Å². The van der Waals surface area contributed by atoms with E-state index in [0.29, 0.717) is 5.82 Å². The maximum atomic E-state index is 5.19. The zero-order valence-corrected chi connectivity index (χ0v) is 11.0. The predicted octanol–water partition coefficient (Wildman–Crippen LogP) is 1.34. The second-order valence-electron chi connectivity index (χ2n) is 5.14. The van der Waals surface area contributed by atoms with E-state index in [9.17, 15) is 0 Å². The fourth-order valence-corrected chi connectivity index (χ4v) is 2.29. The highest BCUT2D eigenvalue weighted by atomic mass is 16.5. The van der Waals surface area contributed by atoms with E-state index in [4.69, 9.17) is 4.52 Å². The summed E-state index contributed by atoms with van der Waals surface area (Å²) < 4.78 is 5.19. The first kappa shape index (κ1) is 12.5. The normalized spacial score (nSPS) is 27.0. The Bertz CT molecular complexity index is 365. The molecular weight excluding hydrogens is 216 g/mol. The van der Waals surface area contributed by atoms with Gasteiger partial charge in [-0.05, 0) is 39.8 Å². The molecule has 0 spiro atoms. The van der Waals surface area contributed by atoms with Gasteiger partial charge >= 0.3 is 0 Å². The van der Waals surface area contributed by atoms with Crippen molar-refractivity contribution >= 4 is 0 Å². The molecule has 1 N–H and O–H groups in total. The lowest BCUT2D eigenvalue weighted by molar-refractivity contribution is 0.186. The van der Waals surface area contributed by atoms with Crippen molar-refractivity contribution in [3.05, 3.63) is 11.7 Å². The largest absolute Gasteiger partial charge is 0.338 e. The number of hydrogen-bond acceptors (Lipinski definition) is 5. The average molecular weight is 238 g/mol. The Balaban J connectivity index is 1.99. The molecule has 1 saturated heterocycles. The fourth-order valence-electron chi connectivity index (χ4n) is 2.29. The molecule has 1 aliphatic heterocycles. The van der Waals surface area contributed by atoms with Gasteiger partial charge in [-0.25, -0.2) is 0 Å². The van der Waals surface area contributed by atoms with Crippen molar-refractivity contribution in [3.8, 4) is 0 Å². The SMILES string of the molecule is CCC1(C)CN(Cc2nc(C)no2)CCCN1. The topological polar surface area (TPSA) is 54.2 Å². The van der Waals surface area contributed by atoms with Gasteiger partial charge in [0.05, 0.1) is 6.54 Å². The van der Waals surface area contributed by atoms with Crippen LogP contribution in [0.2, 0.25) is 0 Å². The average Bonchev–Trinajstić information content (AvgIpc) is 2.59. The maximum Gasteiger partial charge on any atom is 0.240 e. The molecule has 0 radical (unpaired) electrons. The van der Waals surface area contributed by atoms with Crippen LogP contribution in [-0.4, -0.2) is 40.2 Å². The molecule has 1 aliphatic rings. The zero-order valence-electron chi connectivity index (χ0n) is 11.0. The molecule has 5 nitrogen and oxygen atoms in total. The van der Waals surface area contributed by atoms with Crippen LogP contribution in [0.4, 0.5) is 0 Å². The molecule has 1 aromatic rings. The van der Waals surface area contributed by atoms with E-state index >= 15 is 0 Å². The summed E-state index contributed by atoms with van der Waals surface area (Å²) in [6.45, 7) is 10.3. The van der Waals surface area contributed by atoms with Crippen LogP contribution < -0.4 is 5.32 Å². The lowest BCUT2D eigenvalue weighted by Crippen LogP contribution is -2.48. The number of aromatic nitrogens is 2. The summed E-state index contributed by atoms with van der Waals surface area (Å²) in [6, 6.07) is 0. The van der Waals surface area contributed by atoms with Crippen LogP contribution in [0, 0.1) is 6.92 Å². The van der Waals surface area contributed by atoms with Crippen molar-refractivity contribution in [2.75, 3.05) is 19.6 Å². The van der Waals surface area contributed by atoms with Gasteiger partial charge in [0.25, 0.3) is 0 Å². The van der Waals surface area contributed by atoms with E-state index in [2.05, 4.69) is 34.2 Å². The van der Waals surface area contributed by atoms with Gasteiger partial charge in [-0.1, -0.05) is 12.1 Å². The van der Waals surface area contributed by atoms with E-state index in [1.807, 2.05) is 6.92 Å². The third-order valence-electron chi connectivity index (χ3n) is 3.48. The lowest BCUT2D eigenvalue weighted by Gasteiger charge is -2.32. The number of nitrogens with one attached hydrogen (secondary N) is 1. The van der Waals surface area contributed by atoms with Gasteiger partial charge in [-0.3, -0.25) is 4.90 Å². The molecule has 2 rings (SSSR count). The van der Waals surface area contributed by atoms with Crippen molar-refractivity contribution < 1.29 is 4.52 Å². The molecule has 2 heterocycles. The molecule has 1 aromatic heterocycles. The first-order valence-corrected chi connectivity index (χ1v) is 6.38. The number of aryl methyl sites for hydroxylation is 1. The quantitative estimate of drug-likeness (QED) is 0.861. The van der Waals surface area contributed by atoms with E-state index in [1.54, 1.807) is 0 Å². The Morgan fingerprint density at radius 1 is 1.53 bits per heavy atom. The second-order valence-corrected chi connectivity index (χ2v) is 5.14. The fraction of sp³-hybridized carbons (Fsp3) is 0.833. The van der Waals surface area contributed by atoms with Crippen LogP contribution in [0.15, 0.2) is 4.52 Å². The highest BCUT2D eigenvalue weighted by Crippen LogP contribution is 2.16. The van der Waals surface area contributed by atoms with Gasteiger partial charge in [-0.15, -0.1) is 0 Å². The summed E-state index contributed by atoms with van der Waals surface area (Å²) in [7, 11) is 0. The Labute approximate surface area is 103 Å². The van der Waals surface area contributed by atoms with Crippen LogP contribution in [0.5, 0.6) is 0 Å². The summed E-state index contributed by atoms with van der Waals surface area (Å²) in [5.74, 6) is 1.44. The van der Waals surface area contributed by atoms with E-state index in [-0.39, 0.29) is 5.54 Å². The monoisotopic (exact) mass is 238 g/mol. The molecule has 1 atom stereocenters. The van der Waals surface area contributed by atoms with E-state index < -0.39 is 0 Å². The van der Waals surface area contributed by atoms with Gasteiger partial charge in [-0.2, -0.15) is 4.98 Å². The van der Waals surface area contributed by atoms with E-state index in [1.165, 1.54) is 6.42 Å². The molecule has 1 unspecified atom stereocenters. The summed E-state index contributed by atoms with van der Waals surface area (Å²) >= 11 is 0. The molecule has 0 aromatic carbocycles. The van der Waals surface area contributed by atoms with Crippen LogP contribution in [0.25, 0.3) is 0 Å². The summed E-state index contributed by atoms with van der Waals surface area (Å²) in [4.78, 5) is 6.67. The molecule has 0 saturated carbocycles. The molecule has 0 aliphatic carbocycles. The minimum atomic E-state index is 0.200.